The molecule has 4 nitrogen and oxygen atoms in total. The Kier molecular flexibility index (Phi) is 5.26. The van der Waals surface area contributed by atoms with Gasteiger partial charge in [-0.1, -0.05) is 25.7 Å². The second kappa shape index (κ2) is 6.55. The summed E-state index contributed by atoms with van der Waals surface area (Å²) in [7, 11) is -1.17. The van der Waals surface area contributed by atoms with Crippen LogP contribution in [0.4, 0.5) is 0 Å². The van der Waals surface area contributed by atoms with Crippen molar-refractivity contribution in [1.29, 1.82) is 0 Å². The van der Waals surface area contributed by atoms with Gasteiger partial charge in [-0.15, -0.1) is 0 Å². The second-order valence-corrected chi connectivity index (χ2v) is 8.22. The van der Waals surface area contributed by atoms with Crippen LogP contribution in [0.15, 0.2) is 0 Å². The normalized spacial score (nSPS) is 29.3. The summed E-state index contributed by atoms with van der Waals surface area (Å²) in [6.45, 7) is 2.81. The average molecular weight is 288 g/mol. The number of hydrogen-bond donors (Lipinski definition) is 1. The van der Waals surface area contributed by atoms with Crippen LogP contribution in [-0.4, -0.2) is 43.6 Å². The van der Waals surface area contributed by atoms with Crippen LogP contribution in [-0.2, 0) is 10.0 Å². The number of nitrogens with one attached hydrogen (secondary N) is 1. The van der Waals surface area contributed by atoms with E-state index in [0.29, 0.717) is 0 Å². The number of hydrogen-bond acceptors (Lipinski definition) is 3. The number of piperidine rings is 1. The van der Waals surface area contributed by atoms with Crippen molar-refractivity contribution >= 4 is 10.0 Å². The first kappa shape index (κ1) is 15.3. The molecule has 2 aliphatic rings. The molecule has 5 heteroatoms. The smallest absolute Gasteiger partial charge is 0.217 e. The predicted octanol–water partition coefficient (Wildman–Crippen LogP) is 2.11. The molecular weight excluding hydrogens is 260 g/mol. The van der Waals surface area contributed by atoms with Crippen molar-refractivity contribution in [3.8, 4) is 0 Å². The number of sulfonamides is 1. The van der Waals surface area contributed by atoms with Crippen LogP contribution in [0.5, 0.6) is 0 Å². The van der Waals surface area contributed by atoms with Gasteiger partial charge >= 0.3 is 0 Å². The van der Waals surface area contributed by atoms with E-state index in [2.05, 4.69) is 12.2 Å². The molecule has 112 valence electrons. The minimum atomic E-state index is -3.10. The summed E-state index contributed by atoms with van der Waals surface area (Å²) < 4.78 is 27.6. The molecule has 1 heterocycles. The van der Waals surface area contributed by atoms with Gasteiger partial charge in [-0.3, -0.25) is 0 Å². The lowest BCUT2D eigenvalue weighted by Gasteiger charge is -2.40. The van der Waals surface area contributed by atoms with E-state index in [1.807, 2.05) is 11.4 Å². The molecule has 1 N–H and O–H groups in total. The molecule has 1 aliphatic heterocycles. The Morgan fingerprint density at radius 1 is 1.05 bits per heavy atom. The quantitative estimate of drug-likeness (QED) is 0.862. The third-order valence-electron chi connectivity index (χ3n) is 4.83. The van der Waals surface area contributed by atoms with E-state index in [-0.39, 0.29) is 17.3 Å². The molecule has 2 fully saturated rings. The predicted molar refractivity (Wildman–Crippen MR) is 78.7 cm³/mol. The molecule has 0 aromatic rings. The molecule has 0 spiro atoms. The summed E-state index contributed by atoms with van der Waals surface area (Å²) >= 11 is 0. The van der Waals surface area contributed by atoms with Gasteiger partial charge in [-0.05, 0) is 39.7 Å². The van der Waals surface area contributed by atoms with Crippen LogP contribution in [0.3, 0.4) is 0 Å². The first-order valence-corrected chi connectivity index (χ1v) is 9.25. The summed E-state index contributed by atoms with van der Waals surface area (Å²) in [5, 5.41) is 3.11. The Morgan fingerprint density at radius 3 is 2.32 bits per heavy atom. The molecule has 19 heavy (non-hydrogen) atoms. The Bertz CT molecular complexity index is 377. The molecule has 1 saturated carbocycles. The lowest BCUT2D eigenvalue weighted by molar-refractivity contribution is 0.209. The molecule has 0 aromatic heterocycles. The molecule has 0 amide bonds. The first-order chi connectivity index (χ1) is 9.07. The maximum Gasteiger partial charge on any atom is 0.217 e. The van der Waals surface area contributed by atoms with Crippen molar-refractivity contribution in [2.45, 2.75) is 75.6 Å². The Balaban J connectivity index is 2.15. The fourth-order valence-corrected chi connectivity index (χ4v) is 5.85. The average Bonchev–Trinajstić information content (AvgIpc) is 2.47. The molecule has 0 radical (unpaired) electrons. The van der Waals surface area contributed by atoms with Crippen molar-refractivity contribution in [2.75, 3.05) is 13.6 Å². The van der Waals surface area contributed by atoms with Gasteiger partial charge in [0.2, 0.25) is 10.0 Å². The fraction of sp³-hybridized carbons (Fsp3) is 1.00. The van der Waals surface area contributed by atoms with Crippen molar-refractivity contribution in [3.05, 3.63) is 0 Å². The van der Waals surface area contributed by atoms with E-state index in [4.69, 9.17) is 0 Å². The lowest BCUT2D eigenvalue weighted by Crippen LogP contribution is -2.54. The maximum absolute atomic E-state index is 12.9. The Labute approximate surface area is 118 Å². The Hall–Kier alpha value is -0.130. The van der Waals surface area contributed by atoms with Crippen molar-refractivity contribution in [1.82, 2.24) is 9.62 Å². The highest BCUT2D eigenvalue weighted by Gasteiger charge is 2.39. The summed E-state index contributed by atoms with van der Waals surface area (Å²) in [5.41, 5.74) is 0. The van der Waals surface area contributed by atoms with Crippen LogP contribution >= 0.6 is 0 Å². The molecule has 2 rings (SSSR count). The minimum absolute atomic E-state index is 0.120. The van der Waals surface area contributed by atoms with E-state index < -0.39 is 10.0 Å². The maximum atomic E-state index is 12.9. The number of likely N-dealkylation sites (N-methyl/N-ethyl adjacent to an activating group) is 1. The van der Waals surface area contributed by atoms with Crippen LogP contribution < -0.4 is 5.32 Å². The van der Waals surface area contributed by atoms with Crippen molar-refractivity contribution < 1.29 is 8.42 Å². The van der Waals surface area contributed by atoms with Crippen LogP contribution in [0.2, 0.25) is 0 Å². The van der Waals surface area contributed by atoms with Gasteiger partial charge in [0, 0.05) is 18.6 Å². The third-order valence-corrected chi connectivity index (χ3v) is 7.25. The van der Waals surface area contributed by atoms with Gasteiger partial charge in [0.15, 0.2) is 0 Å². The summed E-state index contributed by atoms with van der Waals surface area (Å²) in [4.78, 5) is 0. The standard InChI is InChI=1S/C14H28N2O2S/c1-12(15-2)14-10-6-7-11-16(14)19(17,18)13-8-4-3-5-9-13/h12-15H,3-11H2,1-2H3. The van der Waals surface area contributed by atoms with Crippen molar-refractivity contribution in [2.24, 2.45) is 0 Å². The molecule has 2 unspecified atom stereocenters. The van der Waals surface area contributed by atoms with Gasteiger partial charge < -0.3 is 5.32 Å². The van der Waals surface area contributed by atoms with Crippen LogP contribution in [0.25, 0.3) is 0 Å². The minimum Gasteiger partial charge on any atom is -0.316 e. The topological polar surface area (TPSA) is 49.4 Å². The molecule has 2 atom stereocenters. The first-order valence-electron chi connectivity index (χ1n) is 7.75. The van der Waals surface area contributed by atoms with Gasteiger partial charge in [0.05, 0.1) is 5.25 Å². The van der Waals surface area contributed by atoms with E-state index in [9.17, 15) is 8.42 Å². The zero-order chi connectivity index (χ0) is 13.9. The lowest BCUT2D eigenvalue weighted by atomic mass is 9.99. The largest absolute Gasteiger partial charge is 0.316 e. The molecule has 0 bridgehead atoms. The van der Waals surface area contributed by atoms with Crippen molar-refractivity contribution in [3.63, 3.8) is 0 Å². The summed E-state index contributed by atoms with van der Waals surface area (Å²) in [6, 6.07) is 0.379. The van der Waals surface area contributed by atoms with Crippen LogP contribution in [0, 0.1) is 0 Å². The summed E-state index contributed by atoms with van der Waals surface area (Å²) in [6.07, 6.45) is 8.22. The van der Waals surface area contributed by atoms with Gasteiger partial charge in [-0.25, -0.2) is 8.42 Å². The summed E-state index contributed by atoms with van der Waals surface area (Å²) in [5.74, 6) is 0. The Morgan fingerprint density at radius 2 is 1.68 bits per heavy atom. The zero-order valence-electron chi connectivity index (χ0n) is 12.3. The van der Waals surface area contributed by atoms with Gasteiger partial charge in [-0.2, -0.15) is 4.31 Å². The molecule has 0 aromatic carbocycles. The van der Waals surface area contributed by atoms with E-state index in [0.717, 1.165) is 51.5 Å². The number of nitrogens with zero attached hydrogens (tertiary/aromatic N) is 1. The van der Waals surface area contributed by atoms with E-state index >= 15 is 0 Å². The molecular formula is C14H28N2O2S. The van der Waals surface area contributed by atoms with Gasteiger partial charge in [0.25, 0.3) is 0 Å². The van der Waals surface area contributed by atoms with Crippen LogP contribution in [0.1, 0.15) is 58.3 Å². The number of rotatable bonds is 4. The SMILES string of the molecule is CNC(C)C1CCCCN1S(=O)(=O)C1CCCCC1. The highest BCUT2D eigenvalue weighted by molar-refractivity contribution is 7.89. The highest BCUT2D eigenvalue weighted by Crippen LogP contribution is 2.31. The van der Waals surface area contributed by atoms with E-state index in [1.54, 1.807) is 0 Å². The molecule has 1 saturated heterocycles. The monoisotopic (exact) mass is 288 g/mol. The molecule has 1 aliphatic carbocycles. The fourth-order valence-electron chi connectivity index (χ4n) is 3.49. The van der Waals surface area contributed by atoms with E-state index in [1.165, 1.54) is 6.42 Å². The third kappa shape index (κ3) is 3.31. The highest BCUT2D eigenvalue weighted by atomic mass is 32.2. The second-order valence-electron chi connectivity index (χ2n) is 6.06. The van der Waals surface area contributed by atoms with Gasteiger partial charge in [0.1, 0.15) is 0 Å². The zero-order valence-corrected chi connectivity index (χ0v) is 13.1.